The van der Waals surface area contributed by atoms with Gasteiger partial charge in [-0.15, -0.1) is 0 Å². The fourth-order valence-electron chi connectivity index (χ4n) is 1.41. The Hall–Kier alpha value is -1.30. The minimum absolute atomic E-state index is 0.00332. The molecule has 1 aromatic rings. The molecule has 0 saturated heterocycles. The van der Waals surface area contributed by atoms with Gasteiger partial charge in [0, 0.05) is 17.6 Å². The number of hydrogen-bond acceptors (Lipinski definition) is 4. The highest BCUT2D eigenvalue weighted by molar-refractivity contribution is 6.31. The maximum Gasteiger partial charge on any atom is 0.238 e. The molecular formula is C12H17ClN2O3. The zero-order chi connectivity index (χ0) is 13.5. The van der Waals surface area contributed by atoms with Crippen molar-refractivity contribution in [1.29, 1.82) is 0 Å². The predicted octanol–water partition coefficient (Wildman–Crippen LogP) is 1.18. The molecule has 0 atom stereocenters. The van der Waals surface area contributed by atoms with Gasteiger partial charge in [0.1, 0.15) is 5.75 Å². The number of carbonyl (C=O) groups is 1. The standard InChI is InChI=1S/C12H17ClN2O3/c1-8-5-10(11(18-2)6-9(8)13)15-12(17)7-14-3-4-16/h5-6,14,16H,3-4,7H2,1-2H3,(H,15,17). The lowest BCUT2D eigenvalue weighted by Crippen LogP contribution is -2.30. The summed E-state index contributed by atoms with van der Waals surface area (Å²) in [5.41, 5.74) is 1.44. The van der Waals surface area contributed by atoms with Crippen molar-refractivity contribution in [2.24, 2.45) is 0 Å². The van der Waals surface area contributed by atoms with Crippen LogP contribution in [0, 0.1) is 6.92 Å². The molecule has 100 valence electrons. The van der Waals surface area contributed by atoms with Crippen LogP contribution in [0.25, 0.3) is 0 Å². The summed E-state index contributed by atoms with van der Waals surface area (Å²) < 4.78 is 5.15. The Balaban J connectivity index is 2.71. The molecule has 0 saturated carbocycles. The van der Waals surface area contributed by atoms with Crippen LogP contribution in [0.15, 0.2) is 12.1 Å². The fraction of sp³-hybridized carbons (Fsp3) is 0.417. The summed E-state index contributed by atoms with van der Waals surface area (Å²) in [6, 6.07) is 3.42. The number of methoxy groups -OCH3 is 1. The van der Waals surface area contributed by atoms with E-state index in [4.69, 9.17) is 21.4 Å². The van der Waals surface area contributed by atoms with Crippen molar-refractivity contribution < 1.29 is 14.6 Å². The van der Waals surface area contributed by atoms with E-state index < -0.39 is 0 Å². The smallest absolute Gasteiger partial charge is 0.238 e. The molecule has 0 heterocycles. The van der Waals surface area contributed by atoms with E-state index >= 15 is 0 Å². The summed E-state index contributed by atoms with van der Waals surface area (Å²) in [4.78, 5) is 11.6. The lowest BCUT2D eigenvalue weighted by molar-refractivity contribution is -0.115. The number of anilines is 1. The minimum Gasteiger partial charge on any atom is -0.495 e. The average molecular weight is 273 g/mol. The lowest BCUT2D eigenvalue weighted by Gasteiger charge is -2.12. The van der Waals surface area contributed by atoms with Crippen molar-refractivity contribution in [3.8, 4) is 5.75 Å². The second-order valence-electron chi connectivity index (χ2n) is 3.75. The molecule has 5 nitrogen and oxygen atoms in total. The van der Waals surface area contributed by atoms with Gasteiger partial charge in [-0.25, -0.2) is 0 Å². The molecule has 0 radical (unpaired) electrons. The Labute approximate surface area is 111 Å². The van der Waals surface area contributed by atoms with Crippen LogP contribution in [0.3, 0.4) is 0 Å². The Kier molecular flexibility index (Phi) is 5.91. The van der Waals surface area contributed by atoms with E-state index in [1.807, 2.05) is 6.92 Å². The number of nitrogens with one attached hydrogen (secondary N) is 2. The largest absolute Gasteiger partial charge is 0.495 e. The highest BCUT2D eigenvalue weighted by Crippen LogP contribution is 2.30. The summed E-state index contributed by atoms with van der Waals surface area (Å²) in [6.45, 7) is 2.35. The lowest BCUT2D eigenvalue weighted by atomic mass is 10.2. The first kappa shape index (κ1) is 14.8. The number of aliphatic hydroxyl groups is 1. The van der Waals surface area contributed by atoms with Gasteiger partial charge in [-0.05, 0) is 18.6 Å². The first-order chi connectivity index (χ1) is 8.58. The average Bonchev–Trinajstić information content (AvgIpc) is 2.34. The quantitative estimate of drug-likeness (QED) is 0.680. The van der Waals surface area contributed by atoms with Gasteiger partial charge < -0.3 is 20.5 Å². The Morgan fingerprint density at radius 3 is 2.83 bits per heavy atom. The third kappa shape index (κ3) is 4.18. The molecule has 0 aliphatic heterocycles. The number of aryl methyl sites for hydroxylation is 1. The van der Waals surface area contributed by atoms with E-state index in [2.05, 4.69) is 10.6 Å². The topological polar surface area (TPSA) is 70.6 Å². The number of amides is 1. The van der Waals surface area contributed by atoms with Gasteiger partial charge in [0.15, 0.2) is 0 Å². The van der Waals surface area contributed by atoms with Crippen LogP contribution in [-0.4, -0.2) is 37.8 Å². The highest BCUT2D eigenvalue weighted by Gasteiger charge is 2.09. The number of rotatable bonds is 6. The van der Waals surface area contributed by atoms with E-state index in [-0.39, 0.29) is 19.1 Å². The van der Waals surface area contributed by atoms with Crippen molar-refractivity contribution in [2.75, 3.05) is 32.1 Å². The van der Waals surface area contributed by atoms with Crippen molar-refractivity contribution in [3.05, 3.63) is 22.7 Å². The van der Waals surface area contributed by atoms with Gasteiger partial charge >= 0.3 is 0 Å². The summed E-state index contributed by atoms with van der Waals surface area (Å²) in [6.07, 6.45) is 0. The Bertz CT molecular complexity index is 424. The molecule has 6 heteroatoms. The van der Waals surface area contributed by atoms with Crippen molar-refractivity contribution in [1.82, 2.24) is 5.32 Å². The minimum atomic E-state index is -0.205. The second-order valence-corrected chi connectivity index (χ2v) is 4.16. The van der Waals surface area contributed by atoms with Gasteiger partial charge in [0.05, 0.1) is 25.9 Å². The van der Waals surface area contributed by atoms with Crippen LogP contribution in [0.5, 0.6) is 5.75 Å². The summed E-state index contributed by atoms with van der Waals surface area (Å²) in [5.74, 6) is 0.310. The van der Waals surface area contributed by atoms with Gasteiger partial charge in [0.2, 0.25) is 5.91 Å². The number of aliphatic hydroxyl groups excluding tert-OH is 1. The fourth-order valence-corrected chi connectivity index (χ4v) is 1.56. The van der Waals surface area contributed by atoms with E-state index in [0.717, 1.165) is 5.56 Å². The third-order valence-electron chi connectivity index (χ3n) is 2.33. The van der Waals surface area contributed by atoms with E-state index in [9.17, 15) is 4.79 Å². The molecule has 1 aromatic carbocycles. The van der Waals surface area contributed by atoms with Crippen molar-refractivity contribution in [3.63, 3.8) is 0 Å². The molecule has 18 heavy (non-hydrogen) atoms. The molecule has 0 fully saturated rings. The summed E-state index contributed by atoms with van der Waals surface area (Å²) in [7, 11) is 1.51. The normalized spacial score (nSPS) is 10.2. The zero-order valence-corrected chi connectivity index (χ0v) is 11.2. The van der Waals surface area contributed by atoms with Gasteiger partial charge in [0.25, 0.3) is 0 Å². The maximum absolute atomic E-state index is 11.6. The Morgan fingerprint density at radius 1 is 1.50 bits per heavy atom. The van der Waals surface area contributed by atoms with Crippen LogP contribution in [0.2, 0.25) is 5.02 Å². The molecule has 1 rings (SSSR count). The molecule has 3 N–H and O–H groups in total. The molecular weight excluding hydrogens is 256 g/mol. The number of hydrogen-bond donors (Lipinski definition) is 3. The first-order valence-corrected chi connectivity index (χ1v) is 5.92. The van der Waals surface area contributed by atoms with Crippen LogP contribution in [0.1, 0.15) is 5.56 Å². The molecule has 0 spiro atoms. The monoisotopic (exact) mass is 272 g/mol. The van der Waals surface area contributed by atoms with Crippen molar-refractivity contribution >= 4 is 23.2 Å². The van der Waals surface area contributed by atoms with Crippen LogP contribution < -0.4 is 15.4 Å². The van der Waals surface area contributed by atoms with E-state index in [0.29, 0.717) is 23.0 Å². The summed E-state index contributed by atoms with van der Waals surface area (Å²) in [5, 5.41) is 14.7. The third-order valence-corrected chi connectivity index (χ3v) is 2.74. The van der Waals surface area contributed by atoms with E-state index in [1.54, 1.807) is 12.1 Å². The van der Waals surface area contributed by atoms with Gasteiger partial charge in [-0.3, -0.25) is 4.79 Å². The molecule has 1 amide bonds. The second kappa shape index (κ2) is 7.20. The number of ether oxygens (including phenoxy) is 1. The zero-order valence-electron chi connectivity index (χ0n) is 10.4. The summed E-state index contributed by atoms with van der Waals surface area (Å²) >= 11 is 5.97. The first-order valence-electron chi connectivity index (χ1n) is 5.54. The highest BCUT2D eigenvalue weighted by atomic mass is 35.5. The van der Waals surface area contributed by atoms with Gasteiger partial charge in [-0.2, -0.15) is 0 Å². The molecule has 0 unspecified atom stereocenters. The van der Waals surface area contributed by atoms with Crippen LogP contribution in [0.4, 0.5) is 5.69 Å². The molecule has 0 aliphatic carbocycles. The van der Waals surface area contributed by atoms with Gasteiger partial charge in [-0.1, -0.05) is 11.6 Å². The van der Waals surface area contributed by atoms with E-state index in [1.165, 1.54) is 7.11 Å². The van der Waals surface area contributed by atoms with Crippen LogP contribution >= 0.6 is 11.6 Å². The van der Waals surface area contributed by atoms with Crippen molar-refractivity contribution in [2.45, 2.75) is 6.92 Å². The maximum atomic E-state index is 11.6. The molecule has 0 bridgehead atoms. The number of carbonyl (C=O) groups excluding carboxylic acids is 1. The number of halogens is 1. The SMILES string of the molecule is COc1cc(Cl)c(C)cc1NC(=O)CNCCO. The predicted molar refractivity (Wildman–Crippen MR) is 71.3 cm³/mol. The van der Waals surface area contributed by atoms with Crippen LogP contribution in [-0.2, 0) is 4.79 Å². The number of benzene rings is 1. The molecule has 0 aromatic heterocycles. The Morgan fingerprint density at radius 2 is 2.22 bits per heavy atom. The molecule has 0 aliphatic rings.